The lowest BCUT2D eigenvalue weighted by Gasteiger charge is -2.04. The smallest absolute Gasteiger partial charge is 0.0410 e. The Hall–Kier alpha value is -1.44. The highest BCUT2D eigenvalue weighted by atomic mass is 14.8. The maximum absolute atomic E-state index is 5.57. The molecule has 0 fully saturated rings. The first-order valence-corrected chi connectivity index (χ1v) is 3.47. The molecule has 2 heteroatoms. The fourth-order valence-corrected chi connectivity index (χ4v) is 0.959. The number of hydrogen-bond acceptors (Lipinski definition) is 2. The third-order valence-electron chi connectivity index (χ3n) is 1.51. The van der Waals surface area contributed by atoms with Gasteiger partial charge in [0.05, 0.1) is 0 Å². The third-order valence-corrected chi connectivity index (χ3v) is 1.51. The topological polar surface area (TPSA) is 38.0 Å². The molecule has 0 unspecified atom stereocenters. The van der Waals surface area contributed by atoms with E-state index in [-0.39, 0.29) is 0 Å². The van der Waals surface area contributed by atoms with E-state index in [1.54, 1.807) is 6.20 Å². The molecule has 0 amide bonds. The van der Waals surface area contributed by atoms with E-state index in [1.807, 2.05) is 25.1 Å². The van der Waals surface area contributed by atoms with Crippen LogP contribution in [0.2, 0.25) is 0 Å². The van der Waals surface area contributed by atoms with Crippen LogP contribution in [-0.4, -0.2) is 0 Å². The zero-order valence-electron chi connectivity index (χ0n) is 6.59. The number of anilines is 2. The van der Waals surface area contributed by atoms with Crippen LogP contribution in [-0.2, 0) is 0 Å². The van der Waals surface area contributed by atoms with E-state index in [1.165, 1.54) is 0 Å². The second-order valence-corrected chi connectivity index (χ2v) is 2.42. The lowest BCUT2D eigenvalue weighted by molar-refractivity contribution is 1.44. The van der Waals surface area contributed by atoms with Gasteiger partial charge in [0.2, 0.25) is 0 Å². The summed E-state index contributed by atoms with van der Waals surface area (Å²) in [6.45, 7) is 5.58. The van der Waals surface area contributed by atoms with Crippen molar-refractivity contribution in [3.05, 3.63) is 36.5 Å². The molecule has 0 spiro atoms. The molecule has 0 bridgehead atoms. The van der Waals surface area contributed by atoms with E-state index in [0.717, 1.165) is 16.9 Å². The number of nitrogen functional groups attached to an aromatic ring is 1. The van der Waals surface area contributed by atoms with Gasteiger partial charge in [-0.15, -0.1) is 0 Å². The molecule has 1 aromatic carbocycles. The monoisotopic (exact) mass is 148 g/mol. The molecule has 0 atom stereocenters. The number of aryl methyl sites for hydroxylation is 1. The summed E-state index contributed by atoms with van der Waals surface area (Å²) in [5.74, 6) is 0. The van der Waals surface area contributed by atoms with Crippen molar-refractivity contribution >= 4 is 11.4 Å². The summed E-state index contributed by atoms with van der Waals surface area (Å²) in [5.41, 5.74) is 8.54. The molecule has 1 aromatic rings. The summed E-state index contributed by atoms with van der Waals surface area (Å²) in [7, 11) is 0. The van der Waals surface area contributed by atoms with Crippen LogP contribution in [0.5, 0.6) is 0 Å². The maximum atomic E-state index is 5.57. The van der Waals surface area contributed by atoms with Crippen molar-refractivity contribution in [1.82, 2.24) is 0 Å². The van der Waals surface area contributed by atoms with Crippen LogP contribution in [0, 0.1) is 6.92 Å². The van der Waals surface area contributed by atoms with Crippen molar-refractivity contribution in [3.8, 4) is 0 Å². The molecule has 11 heavy (non-hydrogen) atoms. The number of nitrogens with two attached hydrogens (primary N) is 1. The van der Waals surface area contributed by atoms with Crippen LogP contribution >= 0.6 is 0 Å². The van der Waals surface area contributed by atoms with E-state index < -0.39 is 0 Å². The molecular weight excluding hydrogens is 136 g/mol. The highest BCUT2D eigenvalue weighted by Gasteiger charge is 1.94. The first-order valence-electron chi connectivity index (χ1n) is 3.47. The minimum Gasteiger partial charge on any atom is -0.399 e. The summed E-state index contributed by atoms with van der Waals surface area (Å²) in [5, 5.41) is 3.01. The van der Waals surface area contributed by atoms with Crippen LogP contribution < -0.4 is 11.1 Å². The Kier molecular flexibility index (Phi) is 2.16. The summed E-state index contributed by atoms with van der Waals surface area (Å²) in [4.78, 5) is 0. The molecule has 0 aliphatic carbocycles. The van der Waals surface area contributed by atoms with Crippen molar-refractivity contribution in [2.75, 3.05) is 11.1 Å². The van der Waals surface area contributed by atoms with Crippen LogP contribution in [0.25, 0.3) is 0 Å². The molecular formula is C9H12N2. The number of benzene rings is 1. The average Bonchev–Trinajstić information content (AvgIpc) is 1.95. The van der Waals surface area contributed by atoms with Crippen LogP contribution in [0.3, 0.4) is 0 Å². The number of rotatable bonds is 2. The van der Waals surface area contributed by atoms with Gasteiger partial charge in [0.1, 0.15) is 0 Å². The molecule has 1 rings (SSSR count). The first-order chi connectivity index (χ1) is 5.24. The zero-order valence-corrected chi connectivity index (χ0v) is 6.59. The van der Waals surface area contributed by atoms with Gasteiger partial charge in [-0.2, -0.15) is 0 Å². The average molecular weight is 148 g/mol. The minimum absolute atomic E-state index is 0.789. The molecule has 0 saturated heterocycles. The van der Waals surface area contributed by atoms with Gasteiger partial charge in [0.15, 0.2) is 0 Å². The molecule has 0 aliphatic heterocycles. The van der Waals surface area contributed by atoms with Crippen molar-refractivity contribution in [2.24, 2.45) is 0 Å². The standard InChI is InChI=1S/C9H12N2/c1-3-11-9-5-4-8(10)6-7(9)2/h3-6,11H,1,10H2,2H3. The summed E-state index contributed by atoms with van der Waals surface area (Å²) in [6, 6.07) is 5.72. The molecule has 0 saturated carbocycles. The predicted molar refractivity (Wildman–Crippen MR) is 49.4 cm³/mol. The van der Waals surface area contributed by atoms with Gasteiger partial charge in [0, 0.05) is 11.4 Å². The molecule has 2 nitrogen and oxygen atoms in total. The van der Waals surface area contributed by atoms with Crippen molar-refractivity contribution in [2.45, 2.75) is 6.92 Å². The first kappa shape index (κ1) is 7.66. The largest absolute Gasteiger partial charge is 0.399 e. The molecule has 3 N–H and O–H groups in total. The second-order valence-electron chi connectivity index (χ2n) is 2.42. The highest BCUT2D eigenvalue weighted by Crippen LogP contribution is 2.16. The maximum Gasteiger partial charge on any atom is 0.0410 e. The van der Waals surface area contributed by atoms with E-state index in [0.29, 0.717) is 0 Å². The molecule has 0 heterocycles. The Labute approximate surface area is 66.7 Å². The molecule has 0 aromatic heterocycles. The third kappa shape index (κ3) is 1.74. The minimum atomic E-state index is 0.789. The predicted octanol–water partition coefficient (Wildman–Crippen LogP) is 2.13. The van der Waals surface area contributed by atoms with Gasteiger partial charge in [-0.1, -0.05) is 6.58 Å². The van der Waals surface area contributed by atoms with Gasteiger partial charge in [-0.25, -0.2) is 0 Å². The van der Waals surface area contributed by atoms with Crippen LogP contribution in [0.15, 0.2) is 31.0 Å². The zero-order chi connectivity index (χ0) is 8.27. The Morgan fingerprint density at radius 1 is 1.55 bits per heavy atom. The van der Waals surface area contributed by atoms with Gasteiger partial charge in [-0.05, 0) is 36.9 Å². The van der Waals surface area contributed by atoms with Crippen LogP contribution in [0.1, 0.15) is 5.56 Å². The molecule has 0 radical (unpaired) electrons. The summed E-state index contributed by atoms with van der Waals surface area (Å²) in [6.07, 6.45) is 1.65. The fourth-order valence-electron chi connectivity index (χ4n) is 0.959. The highest BCUT2D eigenvalue weighted by molar-refractivity contribution is 5.58. The van der Waals surface area contributed by atoms with Crippen molar-refractivity contribution in [1.29, 1.82) is 0 Å². The normalized spacial score (nSPS) is 9.18. The molecule has 58 valence electrons. The summed E-state index contributed by atoms with van der Waals surface area (Å²) < 4.78 is 0. The SMILES string of the molecule is C=CNc1ccc(N)cc1C. The number of hydrogen-bond donors (Lipinski definition) is 2. The molecule has 0 aliphatic rings. The lowest BCUT2D eigenvalue weighted by Crippen LogP contribution is -1.92. The summed E-state index contributed by atoms with van der Waals surface area (Å²) >= 11 is 0. The quantitative estimate of drug-likeness (QED) is 0.630. The van der Waals surface area contributed by atoms with Crippen molar-refractivity contribution < 1.29 is 0 Å². The second kappa shape index (κ2) is 3.10. The Morgan fingerprint density at radius 3 is 2.82 bits per heavy atom. The fraction of sp³-hybridized carbons (Fsp3) is 0.111. The van der Waals surface area contributed by atoms with Gasteiger partial charge in [-0.3, -0.25) is 0 Å². The van der Waals surface area contributed by atoms with Gasteiger partial charge >= 0.3 is 0 Å². The Morgan fingerprint density at radius 2 is 2.27 bits per heavy atom. The Balaban J connectivity index is 2.98. The van der Waals surface area contributed by atoms with Crippen molar-refractivity contribution in [3.63, 3.8) is 0 Å². The van der Waals surface area contributed by atoms with Crippen LogP contribution in [0.4, 0.5) is 11.4 Å². The van der Waals surface area contributed by atoms with E-state index >= 15 is 0 Å². The van der Waals surface area contributed by atoms with Gasteiger partial charge in [0.25, 0.3) is 0 Å². The Bertz CT molecular complexity index is 266. The van der Waals surface area contributed by atoms with E-state index in [4.69, 9.17) is 5.73 Å². The van der Waals surface area contributed by atoms with Gasteiger partial charge < -0.3 is 11.1 Å². The van der Waals surface area contributed by atoms with E-state index in [9.17, 15) is 0 Å². The van der Waals surface area contributed by atoms with E-state index in [2.05, 4.69) is 11.9 Å². The number of nitrogens with one attached hydrogen (secondary N) is 1. The lowest BCUT2D eigenvalue weighted by atomic mass is 10.2.